The summed E-state index contributed by atoms with van der Waals surface area (Å²) in [6.07, 6.45) is -17.3. The lowest BCUT2D eigenvalue weighted by atomic mass is 9.56. The third-order valence-electron chi connectivity index (χ3n) is 4.55. The van der Waals surface area contributed by atoms with Crippen molar-refractivity contribution in [2.45, 2.75) is 52.9 Å². The molecule has 1 fully saturated rings. The third kappa shape index (κ3) is 2.62. The van der Waals surface area contributed by atoms with Gasteiger partial charge in [-0.15, -0.1) is 0 Å². The molecule has 0 aliphatic heterocycles. The first-order valence-electron chi connectivity index (χ1n) is 6.81. The van der Waals surface area contributed by atoms with Crippen LogP contribution in [0.15, 0.2) is 0 Å². The van der Waals surface area contributed by atoms with Gasteiger partial charge in [-0.25, -0.2) is 4.39 Å². The molecule has 0 aromatic carbocycles. The second kappa shape index (κ2) is 6.42. The fraction of sp³-hybridized carbons (Fsp3) is 1.00. The van der Waals surface area contributed by atoms with E-state index in [-0.39, 0.29) is 0 Å². The smallest absolute Gasteiger partial charge is 0.283 e. The van der Waals surface area contributed by atoms with Gasteiger partial charge in [0.25, 0.3) is 5.41 Å². The Morgan fingerprint density at radius 3 is 0.848 bits per heavy atom. The Balaban J connectivity index is 4.75. The third-order valence-corrected chi connectivity index (χ3v) is 5.77. The minimum Gasteiger partial charge on any atom is -0.283 e. The summed E-state index contributed by atoms with van der Waals surface area (Å²) >= 11 is 0. The molecule has 0 unspecified atom stereocenters. The van der Waals surface area contributed by atoms with Crippen molar-refractivity contribution in [2.75, 3.05) is 0 Å². The molecule has 198 valence electrons. The van der Waals surface area contributed by atoms with Crippen molar-refractivity contribution in [1.82, 2.24) is 0 Å². The van der Waals surface area contributed by atoms with Crippen molar-refractivity contribution >= 4 is 10.1 Å². The van der Waals surface area contributed by atoms with Crippen molar-refractivity contribution in [1.29, 1.82) is 0 Å². The molecular weight excluding hydrogens is 561 g/mol. The second-order valence-corrected chi connectivity index (χ2v) is 7.77. The average molecular weight is 562 g/mol. The second-order valence-electron chi connectivity index (χ2n) is 6.26. The Labute approximate surface area is 166 Å². The number of hydrogen-bond donors (Lipinski definition) is 1. The maximum absolute atomic E-state index is 14.1. The molecule has 23 heteroatoms. The van der Waals surface area contributed by atoms with Crippen molar-refractivity contribution in [3.05, 3.63) is 0 Å². The number of rotatable bonds is 3. The highest BCUT2D eigenvalue weighted by molar-refractivity contribution is 7.87. The van der Waals surface area contributed by atoms with E-state index in [4.69, 9.17) is 4.55 Å². The minimum absolute atomic E-state index is 8.08. The molecule has 1 aliphatic rings. The van der Waals surface area contributed by atoms with E-state index in [1.54, 1.807) is 0 Å². The van der Waals surface area contributed by atoms with Gasteiger partial charge in [-0.2, -0.15) is 87.4 Å². The van der Waals surface area contributed by atoms with Gasteiger partial charge < -0.3 is 0 Å². The van der Waals surface area contributed by atoms with Gasteiger partial charge >= 0.3 is 63.0 Å². The van der Waals surface area contributed by atoms with Crippen LogP contribution in [0.3, 0.4) is 0 Å². The zero-order chi connectivity index (χ0) is 27.5. The summed E-state index contributed by atoms with van der Waals surface area (Å²) in [6.45, 7) is 0. The molecule has 0 atom stereocenters. The predicted molar refractivity (Wildman–Crippen MR) is 59.6 cm³/mol. The van der Waals surface area contributed by atoms with Crippen LogP contribution in [0.5, 0.6) is 0 Å². The van der Waals surface area contributed by atoms with E-state index in [2.05, 4.69) is 0 Å². The summed E-state index contributed by atoms with van der Waals surface area (Å²) in [4.78, 5) is 0. The van der Waals surface area contributed by atoms with E-state index in [0.29, 0.717) is 0 Å². The molecule has 0 amide bonds. The van der Waals surface area contributed by atoms with Crippen LogP contribution in [0.1, 0.15) is 0 Å². The Morgan fingerprint density at radius 1 is 0.485 bits per heavy atom. The van der Waals surface area contributed by atoms with Gasteiger partial charge in [0.05, 0.1) is 0 Å². The number of halogens is 19. The lowest BCUT2D eigenvalue weighted by molar-refractivity contribution is -0.548. The van der Waals surface area contributed by atoms with E-state index >= 15 is 0 Å². The molecule has 0 radical (unpaired) electrons. The van der Waals surface area contributed by atoms with E-state index in [1.165, 1.54) is 0 Å². The first-order valence-corrected chi connectivity index (χ1v) is 8.25. The summed E-state index contributed by atoms with van der Waals surface area (Å²) < 4.78 is 285. The molecule has 1 saturated carbocycles. The summed E-state index contributed by atoms with van der Waals surface area (Å²) in [5.41, 5.74) is -9.68. The molecule has 33 heavy (non-hydrogen) atoms. The highest BCUT2D eigenvalue weighted by atomic mass is 32.2. The van der Waals surface area contributed by atoms with E-state index in [9.17, 15) is 91.8 Å². The predicted octanol–water partition coefficient (Wildman–Crippen LogP) is 5.48. The summed E-state index contributed by atoms with van der Waals surface area (Å²) in [5, 5.41) is -8.42. The first-order chi connectivity index (χ1) is 13.8. The summed E-state index contributed by atoms with van der Waals surface area (Å²) in [5.74, 6) is -55.2. The van der Waals surface area contributed by atoms with Crippen LogP contribution >= 0.6 is 0 Å². The van der Waals surface area contributed by atoms with E-state index < -0.39 is 68.4 Å². The van der Waals surface area contributed by atoms with Crippen molar-refractivity contribution in [3.8, 4) is 0 Å². The zero-order valence-electron chi connectivity index (χ0n) is 13.9. The normalized spacial score (nSPS) is 26.7. The lowest BCUT2D eigenvalue weighted by Gasteiger charge is -2.60. The zero-order valence-corrected chi connectivity index (χ0v) is 14.7. The fourth-order valence-corrected chi connectivity index (χ4v) is 3.91. The first kappa shape index (κ1) is 29.6. The molecule has 0 spiro atoms. The van der Waals surface area contributed by atoms with Crippen molar-refractivity contribution in [2.24, 2.45) is 5.41 Å². The molecule has 1 rings (SSSR count). The molecule has 0 saturated heterocycles. The van der Waals surface area contributed by atoms with Gasteiger partial charge in [0, 0.05) is 0 Å². The molecule has 0 bridgehead atoms. The van der Waals surface area contributed by atoms with Gasteiger partial charge in [0.1, 0.15) is 0 Å². The maximum Gasteiger partial charge on any atom is 0.454 e. The van der Waals surface area contributed by atoms with Crippen LogP contribution in [0, 0.1) is 5.41 Å². The Kier molecular flexibility index (Phi) is 5.76. The molecule has 3 nitrogen and oxygen atoms in total. The SMILES string of the molecule is O=S(=O)(O)C1(F)C(F)(F)C(F)(F)C(C(F)(F)C(F)(F)F)(C(F)(F)C(F)(F)F)C(F)(F)C1(F)F. The Bertz CT molecular complexity index is 853. The van der Waals surface area contributed by atoms with Crippen molar-refractivity contribution in [3.63, 3.8) is 0 Å². The molecule has 0 aromatic rings. The van der Waals surface area contributed by atoms with Crippen LogP contribution in [0.2, 0.25) is 0 Å². The topological polar surface area (TPSA) is 54.4 Å². The molecule has 0 aromatic heterocycles. The highest BCUT2D eigenvalue weighted by Gasteiger charge is 3.12. The molecule has 1 aliphatic carbocycles. The van der Waals surface area contributed by atoms with Gasteiger partial charge in [-0.05, 0) is 0 Å². The lowest BCUT2D eigenvalue weighted by Crippen LogP contribution is -2.92. The molecular formula is C10HF19O3S. The van der Waals surface area contributed by atoms with Crippen molar-refractivity contribution < 1.29 is 96.4 Å². The Hall–Kier alpha value is -1.42. The Morgan fingerprint density at radius 2 is 0.697 bits per heavy atom. The molecule has 0 heterocycles. The van der Waals surface area contributed by atoms with E-state index in [0.717, 1.165) is 0 Å². The maximum atomic E-state index is 14.1. The van der Waals surface area contributed by atoms with E-state index in [1.807, 2.05) is 0 Å². The summed E-state index contributed by atoms with van der Waals surface area (Å²) in [7, 11) is -8.57. The summed E-state index contributed by atoms with van der Waals surface area (Å²) in [6, 6.07) is 0. The highest BCUT2D eigenvalue weighted by Crippen LogP contribution is 2.81. The number of hydrogen-bond acceptors (Lipinski definition) is 2. The van der Waals surface area contributed by atoms with Crippen LogP contribution < -0.4 is 0 Å². The van der Waals surface area contributed by atoms with Crippen LogP contribution in [0.4, 0.5) is 83.4 Å². The fourth-order valence-electron chi connectivity index (χ4n) is 3.00. The van der Waals surface area contributed by atoms with Gasteiger partial charge in [0.2, 0.25) is 0 Å². The monoisotopic (exact) mass is 562 g/mol. The van der Waals surface area contributed by atoms with Crippen LogP contribution in [-0.4, -0.2) is 65.9 Å². The van der Waals surface area contributed by atoms with Gasteiger partial charge in [-0.3, -0.25) is 4.55 Å². The van der Waals surface area contributed by atoms with Gasteiger partial charge in [-0.1, -0.05) is 0 Å². The van der Waals surface area contributed by atoms with Gasteiger partial charge in [0.15, 0.2) is 0 Å². The minimum atomic E-state index is -9.68. The molecule has 1 N–H and O–H groups in total. The van der Waals surface area contributed by atoms with Crippen LogP contribution in [0.25, 0.3) is 0 Å². The average Bonchev–Trinajstić information content (AvgIpc) is 2.48. The largest absolute Gasteiger partial charge is 0.454 e. The standard InChI is InChI=1S/C10HF19O3S/c11-2(12)1(4(15,16)9(24,25)26,5(17,18)10(27,28)29)3(13,14)7(21,22)8(23,6(2,19)20)33(30,31)32/h(H,30,31,32). The quantitative estimate of drug-likeness (QED) is 0.367. The number of alkyl halides is 19. The van der Waals surface area contributed by atoms with Crippen LogP contribution in [-0.2, 0) is 10.1 Å².